The fourth-order valence-corrected chi connectivity index (χ4v) is 2.39. The monoisotopic (exact) mass is 399 g/mol. The Balaban J connectivity index is 2.02. The average molecular weight is 399 g/mol. The van der Waals surface area contributed by atoms with Crippen molar-refractivity contribution >= 4 is 29.3 Å². The Labute approximate surface area is 166 Å². The zero-order valence-electron chi connectivity index (χ0n) is 15.5. The van der Waals surface area contributed by atoms with Crippen molar-refractivity contribution in [2.75, 3.05) is 13.1 Å². The van der Waals surface area contributed by atoms with Gasteiger partial charge in [-0.3, -0.25) is 19.2 Å². The molecule has 0 fully saturated rings. The zero-order chi connectivity index (χ0) is 21.2. The van der Waals surface area contributed by atoms with Gasteiger partial charge in [-0.15, -0.1) is 0 Å². The molecule has 9 heteroatoms. The van der Waals surface area contributed by atoms with Gasteiger partial charge >= 0.3 is 5.97 Å². The molecule has 0 aliphatic rings. The highest BCUT2D eigenvalue weighted by Crippen LogP contribution is 2.13. The largest absolute Gasteiger partial charge is 0.480 e. The molecule has 0 aliphatic heterocycles. The van der Waals surface area contributed by atoms with Crippen molar-refractivity contribution in [3.05, 3.63) is 66.6 Å². The number of carbonyl (C=O) groups is 4. The molecule has 29 heavy (non-hydrogen) atoms. The van der Waals surface area contributed by atoms with Crippen LogP contribution in [-0.2, 0) is 25.6 Å². The van der Waals surface area contributed by atoms with Gasteiger partial charge in [-0.2, -0.15) is 0 Å². The maximum absolute atomic E-state index is 12.6. The standard InChI is InChI=1S/C20H21N3O6/c1-13(16-8-5-9-29-16)19(27)23-15(10-14-6-3-2-4-7-14)20(28)22-11-17(24)21-12-18(25)26/h2-9,15H,1,10-12H2,(H,21,24)(H,22,28)(H,23,27)(H,25,26). The number of carboxylic acid groups (broad SMARTS) is 1. The minimum absolute atomic E-state index is 0.0556. The fraction of sp³-hybridized carbons (Fsp3) is 0.200. The van der Waals surface area contributed by atoms with Gasteiger partial charge in [0.15, 0.2) is 0 Å². The molecule has 1 unspecified atom stereocenters. The first kappa shape index (κ1) is 21.4. The molecular formula is C20H21N3O6. The highest BCUT2D eigenvalue weighted by molar-refractivity contribution is 6.18. The van der Waals surface area contributed by atoms with Crippen LogP contribution in [0.1, 0.15) is 11.3 Å². The number of aliphatic carboxylic acids is 1. The first-order chi connectivity index (χ1) is 13.9. The maximum atomic E-state index is 12.6. The normalized spacial score (nSPS) is 11.2. The van der Waals surface area contributed by atoms with Crippen molar-refractivity contribution in [3.8, 4) is 0 Å². The molecule has 152 valence electrons. The summed E-state index contributed by atoms with van der Waals surface area (Å²) in [7, 11) is 0. The lowest BCUT2D eigenvalue weighted by Gasteiger charge is -2.19. The van der Waals surface area contributed by atoms with Crippen molar-refractivity contribution < 1.29 is 28.7 Å². The van der Waals surface area contributed by atoms with Crippen LogP contribution in [-0.4, -0.2) is 47.9 Å². The molecule has 4 N–H and O–H groups in total. The van der Waals surface area contributed by atoms with Crippen molar-refractivity contribution in [1.29, 1.82) is 0 Å². The molecule has 2 rings (SSSR count). The van der Waals surface area contributed by atoms with Gasteiger partial charge in [-0.25, -0.2) is 0 Å². The van der Waals surface area contributed by atoms with Gasteiger partial charge in [0.2, 0.25) is 11.8 Å². The third-order valence-electron chi connectivity index (χ3n) is 3.86. The fourth-order valence-electron chi connectivity index (χ4n) is 2.39. The first-order valence-electron chi connectivity index (χ1n) is 8.70. The number of nitrogens with one attached hydrogen (secondary N) is 3. The number of rotatable bonds is 10. The number of hydrogen-bond acceptors (Lipinski definition) is 5. The highest BCUT2D eigenvalue weighted by Gasteiger charge is 2.24. The summed E-state index contributed by atoms with van der Waals surface area (Å²) in [5.74, 6) is -2.78. The molecule has 3 amide bonds. The molecule has 0 radical (unpaired) electrons. The summed E-state index contributed by atoms with van der Waals surface area (Å²) >= 11 is 0. The summed E-state index contributed by atoms with van der Waals surface area (Å²) in [4.78, 5) is 47.1. The summed E-state index contributed by atoms with van der Waals surface area (Å²) in [6.45, 7) is 2.70. The number of furan rings is 1. The van der Waals surface area contributed by atoms with E-state index >= 15 is 0 Å². The minimum Gasteiger partial charge on any atom is -0.480 e. The average Bonchev–Trinajstić information content (AvgIpc) is 3.24. The summed E-state index contributed by atoms with van der Waals surface area (Å²) in [5, 5.41) is 15.7. The SMILES string of the molecule is C=C(C(=O)NC(Cc1ccccc1)C(=O)NCC(=O)NCC(=O)O)c1ccco1. The van der Waals surface area contributed by atoms with Gasteiger partial charge in [0.1, 0.15) is 18.3 Å². The summed E-state index contributed by atoms with van der Waals surface area (Å²) in [6.07, 6.45) is 1.58. The lowest BCUT2D eigenvalue weighted by Crippen LogP contribution is -2.50. The van der Waals surface area contributed by atoms with Gasteiger partial charge in [-0.1, -0.05) is 36.9 Å². The second-order valence-electron chi connectivity index (χ2n) is 6.06. The highest BCUT2D eigenvalue weighted by atomic mass is 16.4. The maximum Gasteiger partial charge on any atom is 0.322 e. The zero-order valence-corrected chi connectivity index (χ0v) is 15.5. The molecule has 0 aliphatic carbocycles. The quantitative estimate of drug-likeness (QED) is 0.425. The Morgan fingerprint density at radius 1 is 1.00 bits per heavy atom. The number of benzene rings is 1. The van der Waals surface area contributed by atoms with Crippen LogP contribution in [0.15, 0.2) is 59.7 Å². The van der Waals surface area contributed by atoms with E-state index < -0.39 is 42.8 Å². The van der Waals surface area contributed by atoms with Gasteiger partial charge in [0, 0.05) is 6.42 Å². The van der Waals surface area contributed by atoms with Gasteiger partial charge < -0.3 is 25.5 Å². The summed E-state index contributed by atoms with van der Waals surface area (Å²) in [5.41, 5.74) is 0.854. The molecule has 0 bridgehead atoms. The van der Waals surface area contributed by atoms with E-state index in [1.165, 1.54) is 6.26 Å². The van der Waals surface area contributed by atoms with Crippen LogP contribution in [0, 0.1) is 0 Å². The van der Waals surface area contributed by atoms with E-state index in [1.54, 1.807) is 36.4 Å². The Bertz CT molecular complexity index is 877. The van der Waals surface area contributed by atoms with Crippen molar-refractivity contribution in [3.63, 3.8) is 0 Å². The molecule has 2 aromatic rings. The Hall–Kier alpha value is -3.88. The van der Waals surface area contributed by atoms with E-state index in [2.05, 4.69) is 22.5 Å². The number of carboxylic acids is 1. The lowest BCUT2D eigenvalue weighted by molar-refractivity contribution is -0.137. The van der Waals surface area contributed by atoms with Crippen LogP contribution < -0.4 is 16.0 Å². The van der Waals surface area contributed by atoms with E-state index in [9.17, 15) is 19.2 Å². The molecule has 9 nitrogen and oxygen atoms in total. The second-order valence-corrected chi connectivity index (χ2v) is 6.06. The van der Waals surface area contributed by atoms with E-state index in [-0.39, 0.29) is 17.8 Å². The van der Waals surface area contributed by atoms with Gasteiger partial charge in [0.05, 0.1) is 18.4 Å². The van der Waals surface area contributed by atoms with E-state index in [1.807, 2.05) is 6.07 Å². The molecule has 1 atom stereocenters. The van der Waals surface area contributed by atoms with Crippen LogP contribution >= 0.6 is 0 Å². The molecule has 0 saturated carbocycles. The second kappa shape index (κ2) is 10.5. The van der Waals surface area contributed by atoms with Gasteiger partial charge in [0.25, 0.3) is 5.91 Å². The lowest BCUT2D eigenvalue weighted by atomic mass is 10.0. The summed E-state index contributed by atoms with van der Waals surface area (Å²) < 4.78 is 5.14. The van der Waals surface area contributed by atoms with Crippen LogP contribution in [0.3, 0.4) is 0 Å². The molecule has 1 heterocycles. The first-order valence-corrected chi connectivity index (χ1v) is 8.70. The van der Waals surface area contributed by atoms with Gasteiger partial charge in [-0.05, 0) is 17.7 Å². The molecule has 1 aromatic heterocycles. The van der Waals surface area contributed by atoms with Crippen molar-refractivity contribution in [2.24, 2.45) is 0 Å². The molecular weight excluding hydrogens is 378 g/mol. The predicted octanol–water partition coefficient (Wildman–Crippen LogP) is 0.337. The Morgan fingerprint density at radius 3 is 2.34 bits per heavy atom. The van der Waals surface area contributed by atoms with Crippen molar-refractivity contribution in [1.82, 2.24) is 16.0 Å². The van der Waals surface area contributed by atoms with Crippen LogP contribution in [0.25, 0.3) is 5.57 Å². The van der Waals surface area contributed by atoms with E-state index in [4.69, 9.17) is 9.52 Å². The van der Waals surface area contributed by atoms with E-state index in [0.717, 1.165) is 5.56 Å². The van der Waals surface area contributed by atoms with Crippen LogP contribution in [0.2, 0.25) is 0 Å². The Morgan fingerprint density at radius 2 is 1.72 bits per heavy atom. The number of amides is 3. The van der Waals surface area contributed by atoms with Crippen LogP contribution in [0.4, 0.5) is 0 Å². The molecule has 0 spiro atoms. The molecule has 1 aromatic carbocycles. The van der Waals surface area contributed by atoms with E-state index in [0.29, 0.717) is 0 Å². The molecule has 0 saturated heterocycles. The van der Waals surface area contributed by atoms with Crippen molar-refractivity contribution in [2.45, 2.75) is 12.5 Å². The van der Waals surface area contributed by atoms with Crippen LogP contribution in [0.5, 0.6) is 0 Å². The summed E-state index contributed by atoms with van der Waals surface area (Å²) in [6, 6.07) is 11.2. The predicted molar refractivity (Wildman–Crippen MR) is 103 cm³/mol. The Kier molecular flexibility index (Phi) is 7.72. The topological polar surface area (TPSA) is 138 Å². The third kappa shape index (κ3) is 6.98. The third-order valence-corrected chi connectivity index (χ3v) is 3.86. The smallest absolute Gasteiger partial charge is 0.322 e. The number of hydrogen-bond donors (Lipinski definition) is 4. The number of carbonyl (C=O) groups excluding carboxylic acids is 3. The minimum atomic E-state index is -1.20.